The molecule has 27 heavy (non-hydrogen) atoms. The lowest BCUT2D eigenvalue weighted by atomic mass is 10.1. The molecule has 7 heteroatoms. The fraction of sp³-hybridized carbons (Fsp3) is 0.300. The lowest BCUT2D eigenvalue weighted by molar-refractivity contribution is -0.115. The van der Waals surface area contributed by atoms with E-state index < -0.39 is 0 Å². The van der Waals surface area contributed by atoms with Crippen molar-refractivity contribution in [2.45, 2.75) is 25.7 Å². The molecule has 1 saturated heterocycles. The summed E-state index contributed by atoms with van der Waals surface area (Å²) in [5, 5.41) is 4.09. The van der Waals surface area contributed by atoms with Gasteiger partial charge in [-0.25, -0.2) is 0 Å². The molecule has 0 spiro atoms. The molecule has 0 unspecified atom stereocenters. The van der Waals surface area contributed by atoms with Gasteiger partial charge in [0.1, 0.15) is 0 Å². The van der Waals surface area contributed by atoms with Gasteiger partial charge in [-0.2, -0.15) is 0 Å². The Morgan fingerprint density at radius 2 is 1.67 bits per heavy atom. The molecule has 0 bridgehead atoms. The van der Waals surface area contributed by atoms with Gasteiger partial charge in [0.25, 0.3) is 5.91 Å². The summed E-state index contributed by atoms with van der Waals surface area (Å²) in [6, 6.07) is 9.97. The molecule has 142 valence electrons. The van der Waals surface area contributed by atoms with Crippen LogP contribution in [0.1, 0.15) is 35.2 Å². The highest BCUT2D eigenvalue weighted by Crippen LogP contribution is 2.25. The van der Waals surface area contributed by atoms with E-state index >= 15 is 0 Å². The third-order valence-corrected chi connectivity index (χ3v) is 5.45. The number of nitrogens with zero attached hydrogens (tertiary/aromatic N) is 1. The van der Waals surface area contributed by atoms with Crippen molar-refractivity contribution in [3.8, 4) is 0 Å². The van der Waals surface area contributed by atoms with Crippen LogP contribution in [0.5, 0.6) is 0 Å². The Labute approximate surface area is 173 Å². The van der Waals surface area contributed by atoms with E-state index in [9.17, 15) is 9.59 Å². The Bertz CT molecular complexity index is 864. The Hall–Kier alpha value is -1.75. The molecule has 2 aromatic rings. The topological polar surface area (TPSA) is 49.4 Å². The van der Waals surface area contributed by atoms with E-state index in [-0.39, 0.29) is 18.2 Å². The normalized spacial score (nSPS) is 14.1. The van der Waals surface area contributed by atoms with Gasteiger partial charge in [-0.15, -0.1) is 0 Å². The number of nitrogens with one attached hydrogen (secondary N) is 1. The maximum absolute atomic E-state index is 12.9. The summed E-state index contributed by atoms with van der Waals surface area (Å²) in [6.07, 6.45) is 3.25. The second-order valence-electron chi connectivity index (χ2n) is 6.52. The number of hydrogen-bond donors (Lipinski definition) is 1. The zero-order valence-electron chi connectivity index (χ0n) is 14.6. The molecule has 0 atom stereocenters. The first kappa shape index (κ1) is 20.0. The van der Waals surface area contributed by atoms with Crippen LogP contribution in [0.4, 0.5) is 5.69 Å². The van der Waals surface area contributed by atoms with Crippen LogP contribution in [0.15, 0.2) is 36.4 Å². The average molecular weight is 426 g/mol. The number of halogens is 3. The minimum absolute atomic E-state index is 0.0868. The second-order valence-corrected chi connectivity index (χ2v) is 7.77. The van der Waals surface area contributed by atoms with E-state index in [0.717, 1.165) is 37.9 Å². The minimum Gasteiger partial charge on any atom is -0.339 e. The van der Waals surface area contributed by atoms with Crippen LogP contribution in [-0.4, -0.2) is 29.8 Å². The van der Waals surface area contributed by atoms with Crippen molar-refractivity contribution in [1.82, 2.24) is 4.90 Å². The van der Waals surface area contributed by atoms with E-state index in [4.69, 9.17) is 34.8 Å². The van der Waals surface area contributed by atoms with Gasteiger partial charge >= 0.3 is 0 Å². The maximum atomic E-state index is 12.9. The number of likely N-dealkylation sites (tertiary alicyclic amines) is 1. The van der Waals surface area contributed by atoms with Crippen molar-refractivity contribution in [1.29, 1.82) is 0 Å². The standard InChI is InChI=1S/C20H19Cl3N2O2/c21-14-5-6-15(20(27)25-8-2-1-3-9-25)18(12-14)24-19(26)11-13-4-7-16(22)17(23)10-13/h4-7,10,12H,1-3,8-9,11H2,(H,24,26). The van der Waals surface area contributed by atoms with E-state index in [2.05, 4.69) is 5.32 Å². The van der Waals surface area contributed by atoms with E-state index in [0.29, 0.717) is 26.3 Å². The summed E-state index contributed by atoms with van der Waals surface area (Å²) in [6.45, 7) is 1.47. The number of anilines is 1. The van der Waals surface area contributed by atoms with Crippen LogP contribution < -0.4 is 5.32 Å². The van der Waals surface area contributed by atoms with Crippen LogP contribution >= 0.6 is 34.8 Å². The summed E-state index contributed by atoms with van der Waals surface area (Å²) >= 11 is 18.0. The van der Waals surface area contributed by atoms with Gasteiger partial charge in [-0.3, -0.25) is 9.59 Å². The summed E-state index contributed by atoms with van der Waals surface area (Å²) in [5.41, 5.74) is 1.60. The molecule has 1 aliphatic rings. The molecule has 4 nitrogen and oxygen atoms in total. The molecule has 3 rings (SSSR count). The van der Waals surface area contributed by atoms with E-state index in [1.165, 1.54) is 0 Å². The highest BCUT2D eigenvalue weighted by molar-refractivity contribution is 6.42. The largest absolute Gasteiger partial charge is 0.339 e. The van der Waals surface area contributed by atoms with Crippen molar-refractivity contribution >= 4 is 52.3 Å². The van der Waals surface area contributed by atoms with Gasteiger partial charge in [-0.1, -0.05) is 40.9 Å². The smallest absolute Gasteiger partial charge is 0.255 e. The number of rotatable bonds is 4. The number of hydrogen-bond acceptors (Lipinski definition) is 2. The lowest BCUT2D eigenvalue weighted by Crippen LogP contribution is -2.36. The van der Waals surface area contributed by atoms with Crippen LogP contribution in [-0.2, 0) is 11.2 Å². The maximum Gasteiger partial charge on any atom is 0.255 e. The van der Waals surface area contributed by atoms with Gasteiger partial charge in [0.15, 0.2) is 0 Å². The van der Waals surface area contributed by atoms with Gasteiger partial charge < -0.3 is 10.2 Å². The summed E-state index contributed by atoms with van der Waals surface area (Å²) < 4.78 is 0. The van der Waals surface area contributed by atoms with Gasteiger partial charge in [-0.05, 0) is 55.2 Å². The molecule has 0 radical (unpaired) electrons. The minimum atomic E-state index is -0.261. The lowest BCUT2D eigenvalue weighted by Gasteiger charge is -2.27. The third-order valence-electron chi connectivity index (χ3n) is 4.48. The van der Waals surface area contributed by atoms with Crippen molar-refractivity contribution in [2.24, 2.45) is 0 Å². The van der Waals surface area contributed by atoms with Crippen molar-refractivity contribution < 1.29 is 9.59 Å². The van der Waals surface area contributed by atoms with Crippen LogP contribution in [0.2, 0.25) is 15.1 Å². The highest BCUT2D eigenvalue weighted by Gasteiger charge is 2.22. The first-order chi connectivity index (χ1) is 12.9. The molecule has 1 aliphatic heterocycles. The average Bonchev–Trinajstić information content (AvgIpc) is 2.65. The molecule has 0 aliphatic carbocycles. The van der Waals surface area contributed by atoms with Crippen molar-refractivity contribution in [2.75, 3.05) is 18.4 Å². The Morgan fingerprint density at radius 3 is 2.37 bits per heavy atom. The Morgan fingerprint density at radius 1 is 0.926 bits per heavy atom. The van der Waals surface area contributed by atoms with Crippen LogP contribution in [0.3, 0.4) is 0 Å². The summed E-state index contributed by atoms with van der Waals surface area (Å²) in [5.74, 6) is -0.348. The predicted octanol–water partition coefficient (Wildman–Crippen LogP) is 5.45. The number of carbonyl (C=O) groups excluding carboxylic acids is 2. The molecule has 0 saturated carbocycles. The molecule has 0 aromatic heterocycles. The molecule has 1 N–H and O–H groups in total. The molecular formula is C20H19Cl3N2O2. The molecule has 2 amide bonds. The predicted molar refractivity (Wildman–Crippen MR) is 110 cm³/mol. The van der Waals surface area contributed by atoms with Crippen LogP contribution in [0, 0.1) is 0 Å². The zero-order chi connectivity index (χ0) is 19.4. The van der Waals surface area contributed by atoms with Crippen molar-refractivity contribution in [3.05, 3.63) is 62.6 Å². The fourth-order valence-electron chi connectivity index (χ4n) is 3.10. The second kappa shape index (κ2) is 8.96. The number of carbonyl (C=O) groups is 2. The summed E-state index contributed by atoms with van der Waals surface area (Å²) in [7, 11) is 0. The number of piperidine rings is 1. The monoisotopic (exact) mass is 424 g/mol. The molecule has 2 aromatic carbocycles. The third kappa shape index (κ3) is 5.16. The zero-order valence-corrected chi connectivity index (χ0v) is 16.9. The quantitative estimate of drug-likeness (QED) is 0.707. The van der Waals surface area contributed by atoms with Gasteiger partial charge in [0.2, 0.25) is 5.91 Å². The molecule has 1 fully saturated rings. The van der Waals surface area contributed by atoms with Crippen molar-refractivity contribution in [3.63, 3.8) is 0 Å². The van der Waals surface area contributed by atoms with E-state index in [1.807, 2.05) is 4.90 Å². The SMILES string of the molecule is O=C(Cc1ccc(Cl)c(Cl)c1)Nc1cc(Cl)ccc1C(=O)N1CCCCC1. The number of benzene rings is 2. The first-order valence-corrected chi connectivity index (χ1v) is 9.90. The summed E-state index contributed by atoms with van der Waals surface area (Å²) in [4.78, 5) is 27.2. The Kier molecular flexibility index (Phi) is 6.64. The highest BCUT2D eigenvalue weighted by atomic mass is 35.5. The molecular weight excluding hydrogens is 407 g/mol. The van der Waals surface area contributed by atoms with Gasteiger partial charge in [0.05, 0.1) is 27.7 Å². The first-order valence-electron chi connectivity index (χ1n) is 8.76. The number of amides is 2. The molecule has 1 heterocycles. The Balaban J connectivity index is 1.76. The van der Waals surface area contributed by atoms with Gasteiger partial charge in [0, 0.05) is 18.1 Å². The fourth-order valence-corrected chi connectivity index (χ4v) is 3.60. The van der Waals surface area contributed by atoms with Crippen LogP contribution in [0.25, 0.3) is 0 Å². The van der Waals surface area contributed by atoms with E-state index in [1.54, 1.807) is 36.4 Å².